The highest BCUT2D eigenvalue weighted by Crippen LogP contribution is 2.66. The minimum atomic E-state index is -0.799. The van der Waals surface area contributed by atoms with Crippen LogP contribution in [-0.4, -0.2) is 70.1 Å². The van der Waals surface area contributed by atoms with Gasteiger partial charge in [0, 0.05) is 16.6 Å². The maximum atomic E-state index is 14.1. The first-order valence-corrected chi connectivity index (χ1v) is 14.3. The van der Waals surface area contributed by atoms with Crippen molar-refractivity contribution in [2.75, 3.05) is 31.0 Å². The molecular formula is C29H35N3O6S. The van der Waals surface area contributed by atoms with Crippen LogP contribution in [0.1, 0.15) is 33.1 Å². The molecule has 3 aliphatic heterocycles. The van der Waals surface area contributed by atoms with Crippen LogP contribution < -0.4 is 20.1 Å². The number of aliphatic hydroxyl groups excluding tert-OH is 1. The molecule has 3 heterocycles. The Labute approximate surface area is 232 Å². The summed E-state index contributed by atoms with van der Waals surface area (Å²) in [6, 6.07) is 12.9. The lowest BCUT2D eigenvalue weighted by molar-refractivity contribution is -0.141. The first-order valence-electron chi connectivity index (χ1n) is 13.5. The molecule has 3 aliphatic rings. The number of rotatable bonds is 10. The van der Waals surface area contributed by atoms with Gasteiger partial charge in [-0.2, -0.15) is 0 Å². The molecule has 208 valence electrons. The Morgan fingerprint density at radius 1 is 1.05 bits per heavy atom. The minimum absolute atomic E-state index is 0.0608. The van der Waals surface area contributed by atoms with Gasteiger partial charge < -0.3 is 30.1 Å². The highest BCUT2D eigenvalue weighted by molar-refractivity contribution is 8.02. The fourth-order valence-electron chi connectivity index (χ4n) is 6.41. The second-order valence-electron chi connectivity index (χ2n) is 10.2. The number of nitrogens with one attached hydrogen (secondary N) is 2. The lowest BCUT2D eigenvalue weighted by Crippen LogP contribution is -2.54. The summed E-state index contributed by atoms with van der Waals surface area (Å²) in [4.78, 5) is 43.2. The van der Waals surface area contributed by atoms with Crippen LogP contribution in [0.5, 0.6) is 11.5 Å². The summed E-state index contributed by atoms with van der Waals surface area (Å²) in [6.45, 7) is 4.09. The Morgan fingerprint density at radius 2 is 1.67 bits per heavy atom. The fraction of sp³-hybridized carbons (Fsp3) is 0.483. The fourth-order valence-corrected chi connectivity index (χ4v) is 8.62. The molecule has 1 spiro atoms. The Bertz CT molecular complexity index is 1220. The van der Waals surface area contributed by atoms with Crippen molar-refractivity contribution in [3.8, 4) is 11.5 Å². The monoisotopic (exact) mass is 553 g/mol. The Morgan fingerprint density at radius 3 is 2.23 bits per heavy atom. The molecule has 39 heavy (non-hydrogen) atoms. The molecule has 3 fully saturated rings. The summed E-state index contributed by atoms with van der Waals surface area (Å²) in [5.74, 6) is -0.578. The van der Waals surface area contributed by atoms with Crippen LogP contribution in [0.4, 0.5) is 11.4 Å². The molecule has 0 radical (unpaired) electrons. The van der Waals surface area contributed by atoms with Gasteiger partial charge in [0.1, 0.15) is 17.5 Å². The van der Waals surface area contributed by atoms with Gasteiger partial charge in [0.2, 0.25) is 17.7 Å². The van der Waals surface area contributed by atoms with Crippen molar-refractivity contribution in [2.24, 2.45) is 11.8 Å². The number of ether oxygens (including phenoxy) is 2. The second kappa shape index (κ2) is 11.1. The summed E-state index contributed by atoms with van der Waals surface area (Å²) >= 11 is 1.60. The van der Waals surface area contributed by atoms with Crippen LogP contribution in [0.25, 0.3) is 0 Å². The largest absolute Gasteiger partial charge is 0.497 e. The van der Waals surface area contributed by atoms with Crippen LogP contribution in [-0.2, 0) is 14.4 Å². The number of methoxy groups -OCH3 is 1. The topological polar surface area (TPSA) is 117 Å². The highest BCUT2D eigenvalue weighted by Gasteiger charge is 2.74. The molecule has 0 aliphatic carbocycles. The van der Waals surface area contributed by atoms with E-state index in [-0.39, 0.29) is 29.6 Å². The second-order valence-corrected chi connectivity index (χ2v) is 11.8. The Balaban J connectivity index is 1.43. The van der Waals surface area contributed by atoms with Crippen molar-refractivity contribution in [1.82, 2.24) is 4.90 Å². The summed E-state index contributed by atoms with van der Waals surface area (Å²) < 4.78 is 9.97. The number of benzene rings is 2. The molecule has 2 bridgehead atoms. The zero-order chi connectivity index (χ0) is 27.7. The molecule has 9 nitrogen and oxygen atoms in total. The number of thioether (sulfide) groups is 1. The molecule has 0 saturated carbocycles. The molecule has 3 amide bonds. The van der Waals surface area contributed by atoms with Gasteiger partial charge in [0.25, 0.3) is 0 Å². The third kappa shape index (κ3) is 4.74. The quantitative estimate of drug-likeness (QED) is 0.412. The van der Waals surface area contributed by atoms with Crippen molar-refractivity contribution in [3.05, 3.63) is 48.5 Å². The third-order valence-corrected chi connectivity index (χ3v) is 10.1. The summed E-state index contributed by atoms with van der Waals surface area (Å²) in [5.41, 5.74) is 1.22. The molecule has 0 aromatic heterocycles. The van der Waals surface area contributed by atoms with Crippen molar-refractivity contribution < 1.29 is 29.0 Å². The van der Waals surface area contributed by atoms with Crippen LogP contribution in [0.2, 0.25) is 0 Å². The first-order chi connectivity index (χ1) is 18.9. The van der Waals surface area contributed by atoms with Gasteiger partial charge in [0.05, 0.1) is 42.9 Å². The molecule has 3 saturated heterocycles. The maximum Gasteiger partial charge on any atom is 0.248 e. The minimum Gasteiger partial charge on any atom is -0.497 e. The number of likely N-dealkylation sites (tertiary alicyclic amines) is 1. The van der Waals surface area contributed by atoms with Crippen molar-refractivity contribution in [2.45, 2.75) is 55.2 Å². The van der Waals surface area contributed by atoms with Gasteiger partial charge in [-0.25, -0.2) is 0 Å². The van der Waals surface area contributed by atoms with Gasteiger partial charge in [-0.1, -0.05) is 6.92 Å². The van der Waals surface area contributed by atoms with E-state index < -0.39 is 28.7 Å². The van der Waals surface area contributed by atoms with Gasteiger partial charge in [-0.3, -0.25) is 14.4 Å². The number of anilines is 2. The van der Waals surface area contributed by atoms with E-state index in [0.29, 0.717) is 42.3 Å². The molecule has 2 aromatic rings. The average molecular weight is 554 g/mol. The standard InChI is InChI=1S/C29H35N3O6S/c1-4-19(16-33)32-25(27(35)31-18-6-10-20(37-3)11-7-18)29-15-14-22(39-29)23(24(29)28(32)36)26(34)30-17-8-12-21(13-9-17)38-5-2/h6-13,19,22-25,33H,4-5,14-16H2,1-3H3,(H,30,34)(H,31,35)/t19-,22+,23-,24-,25?,29?/m0/s1. The predicted octanol–water partition coefficient (Wildman–Crippen LogP) is 3.53. The van der Waals surface area contributed by atoms with Crippen LogP contribution in [0, 0.1) is 11.8 Å². The number of carbonyl (C=O) groups is 3. The Kier molecular flexibility index (Phi) is 7.77. The number of carbonyl (C=O) groups excluding carboxylic acids is 3. The van der Waals surface area contributed by atoms with E-state index in [1.54, 1.807) is 72.3 Å². The molecular weight excluding hydrogens is 518 g/mol. The van der Waals surface area contributed by atoms with E-state index >= 15 is 0 Å². The van der Waals surface area contributed by atoms with Gasteiger partial charge >= 0.3 is 0 Å². The van der Waals surface area contributed by atoms with Gasteiger partial charge in [0.15, 0.2) is 0 Å². The van der Waals surface area contributed by atoms with Crippen molar-refractivity contribution >= 4 is 40.9 Å². The lowest BCUT2D eigenvalue weighted by atomic mass is 9.70. The SMILES string of the molecule is CCOc1ccc(NC(=O)[C@@H]2[C@H]3C(=O)N([C@@H](CC)CO)C(C(=O)Nc4ccc(OC)cc4)C34CC[C@H]2S4)cc1. The highest BCUT2D eigenvalue weighted by atomic mass is 32.2. The van der Waals surface area contributed by atoms with Crippen molar-refractivity contribution in [3.63, 3.8) is 0 Å². The van der Waals surface area contributed by atoms with E-state index in [2.05, 4.69) is 10.6 Å². The maximum absolute atomic E-state index is 14.1. The van der Waals surface area contributed by atoms with E-state index in [1.165, 1.54) is 0 Å². The zero-order valence-corrected chi connectivity index (χ0v) is 23.2. The van der Waals surface area contributed by atoms with E-state index in [0.717, 1.165) is 6.42 Å². The number of hydrogen-bond acceptors (Lipinski definition) is 7. The normalized spacial score (nSPS) is 27.7. The van der Waals surface area contributed by atoms with Crippen LogP contribution >= 0.6 is 11.8 Å². The van der Waals surface area contributed by atoms with Crippen molar-refractivity contribution in [1.29, 1.82) is 0 Å². The molecule has 2 unspecified atom stereocenters. The number of fused-ring (bicyclic) bond motifs is 1. The van der Waals surface area contributed by atoms with Crippen LogP contribution in [0.3, 0.4) is 0 Å². The molecule has 5 rings (SSSR count). The number of amides is 3. The molecule has 3 N–H and O–H groups in total. The van der Waals surface area contributed by atoms with E-state index in [1.807, 2.05) is 13.8 Å². The van der Waals surface area contributed by atoms with Gasteiger partial charge in [-0.05, 0) is 74.7 Å². The number of hydrogen-bond donors (Lipinski definition) is 3. The van der Waals surface area contributed by atoms with Gasteiger partial charge in [-0.15, -0.1) is 11.8 Å². The number of aliphatic hydroxyl groups is 1. The lowest BCUT2D eigenvalue weighted by Gasteiger charge is -2.36. The van der Waals surface area contributed by atoms with E-state index in [4.69, 9.17) is 9.47 Å². The summed E-state index contributed by atoms with van der Waals surface area (Å²) in [6.07, 6.45) is 1.89. The molecule has 6 atom stereocenters. The Hall–Kier alpha value is -3.24. The van der Waals surface area contributed by atoms with E-state index in [9.17, 15) is 19.5 Å². The predicted molar refractivity (Wildman–Crippen MR) is 150 cm³/mol. The first kappa shape index (κ1) is 27.3. The molecule has 10 heteroatoms. The number of nitrogens with zero attached hydrogens (tertiary/aromatic N) is 1. The molecule has 2 aromatic carbocycles. The summed E-state index contributed by atoms with van der Waals surface area (Å²) in [5, 5.41) is 16.1. The third-order valence-electron chi connectivity index (χ3n) is 8.15. The smallest absolute Gasteiger partial charge is 0.248 e. The zero-order valence-electron chi connectivity index (χ0n) is 22.4. The summed E-state index contributed by atoms with van der Waals surface area (Å²) in [7, 11) is 1.57. The average Bonchev–Trinajstić information content (AvgIpc) is 3.59. The van der Waals surface area contributed by atoms with Crippen LogP contribution in [0.15, 0.2) is 48.5 Å².